The number of anilines is 1. The average molecular weight is 358 g/mol. The number of halogens is 1. The maximum absolute atomic E-state index is 12.2. The van der Waals surface area contributed by atoms with Gasteiger partial charge in [0.1, 0.15) is 4.47 Å². The monoisotopic (exact) mass is 357 g/mol. The Morgan fingerprint density at radius 3 is 2.71 bits per heavy atom. The van der Waals surface area contributed by atoms with Crippen molar-refractivity contribution < 1.29 is 0 Å². The van der Waals surface area contributed by atoms with Crippen molar-refractivity contribution in [1.82, 2.24) is 20.0 Å². The van der Waals surface area contributed by atoms with Crippen LogP contribution < -0.4 is 15.8 Å². The average Bonchev–Trinajstić information content (AvgIpc) is 2.48. The second-order valence-electron chi connectivity index (χ2n) is 5.70. The van der Waals surface area contributed by atoms with E-state index >= 15 is 0 Å². The van der Waals surface area contributed by atoms with Crippen molar-refractivity contribution in [3.8, 4) is 0 Å². The van der Waals surface area contributed by atoms with Crippen molar-refractivity contribution in [1.29, 1.82) is 0 Å². The number of nitrogens with zero attached hydrogens (tertiary/aromatic N) is 4. The van der Waals surface area contributed by atoms with Gasteiger partial charge in [0.05, 0.1) is 17.9 Å². The molecule has 1 fully saturated rings. The van der Waals surface area contributed by atoms with Crippen LogP contribution in [-0.4, -0.2) is 61.0 Å². The Morgan fingerprint density at radius 1 is 1.43 bits per heavy atom. The molecule has 1 N–H and O–H groups in total. The van der Waals surface area contributed by atoms with E-state index in [1.54, 1.807) is 6.20 Å². The topological polar surface area (TPSA) is 53.4 Å². The SMILES string of the molecule is CC(C)n1ncc(N(C)CCN2CCNCC2)c(Br)c1=O. The van der Waals surface area contributed by atoms with Crippen LogP contribution in [0.15, 0.2) is 15.5 Å². The molecule has 1 aromatic rings. The maximum atomic E-state index is 12.2. The molecule has 1 saturated heterocycles. The lowest BCUT2D eigenvalue weighted by atomic mass is 10.3. The molecule has 21 heavy (non-hydrogen) atoms. The van der Waals surface area contributed by atoms with Crippen molar-refractivity contribution in [3.05, 3.63) is 21.0 Å². The fraction of sp³-hybridized carbons (Fsp3) is 0.714. The Morgan fingerprint density at radius 2 is 2.10 bits per heavy atom. The summed E-state index contributed by atoms with van der Waals surface area (Å²) in [5, 5.41) is 7.61. The van der Waals surface area contributed by atoms with Crippen LogP contribution in [0.4, 0.5) is 5.69 Å². The lowest BCUT2D eigenvalue weighted by Crippen LogP contribution is -2.46. The minimum atomic E-state index is -0.0727. The van der Waals surface area contributed by atoms with Gasteiger partial charge in [-0.1, -0.05) is 0 Å². The van der Waals surface area contributed by atoms with Gasteiger partial charge in [-0.15, -0.1) is 0 Å². The van der Waals surface area contributed by atoms with Gasteiger partial charge in [0, 0.05) is 46.3 Å². The molecule has 0 radical (unpaired) electrons. The van der Waals surface area contributed by atoms with Gasteiger partial charge < -0.3 is 10.2 Å². The van der Waals surface area contributed by atoms with E-state index in [0.717, 1.165) is 45.0 Å². The molecule has 0 bridgehead atoms. The molecule has 0 atom stereocenters. The quantitative estimate of drug-likeness (QED) is 0.849. The van der Waals surface area contributed by atoms with Crippen molar-refractivity contribution >= 4 is 21.6 Å². The highest BCUT2D eigenvalue weighted by Gasteiger charge is 2.15. The van der Waals surface area contributed by atoms with Crippen LogP contribution in [-0.2, 0) is 0 Å². The number of piperazine rings is 1. The number of hydrogen-bond donors (Lipinski definition) is 1. The highest BCUT2D eigenvalue weighted by atomic mass is 79.9. The van der Waals surface area contributed by atoms with Gasteiger partial charge in [-0.25, -0.2) is 4.68 Å². The fourth-order valence-electron chi connectivity index (χ4n) is 2.42. The van der Waals surface area contributed by atoms with Gasteiger partial charge in [-0.2, -0.15) is 5.10 Å². The van der Waals surface area contributed by atoms with E-state index in [9.17, 15) is 4.79 Å². The first-order chi connectivity index (χ1) is 10.0. The Balaban J connectivity index is 2.03. The summed E-state index contributed by atoms with van der Waals surface area (Å²) in [5.74, 6) is 0. The van der Waals surface area contributed by atoms with Gasteiger partial charge in [0.25, 0.3) is 5.56 Å². The van der Waals surface area contributed by atoms with Crippen LogP contribution in [0.5, 0.6) is 0 Å². The normalized spacial score (nSPS) is 16.4. The molecule has 1 aliphatic heterocycles. The smallest absolute Gasteiger partial charge is 0.283 e. The third-order valence-electron chi connectivity index (χ3n) is 3.79. The molecule has 1 aliphatic rings. The zero-order valence-corrected chi connectivity index (χ0v) is 14.6. The van der Waals surface area contributed by atoms with Gasteiger partial charge in [-0.3, -0.25) is 9.69 Å². The summed E-state index contributed by atoms with van der Waals surface area (Å²) in [6.07, 6.45) is 1.77. The number of likely N-dealkylation sites (N-methyl/N-ethyl adjacent to an activating group) is 1. The first-order valence-corrected chi connectivity index (χ1v) is 8.21. The van der Waals surface area contributed by atoms with E-state index in [2.05, 4.69) is 36.1 Å². The van der Waals surface area contributed by atoms with Gasteiger partial charge in [0.2, 0.25) is 0 Å². The second kappa shape index (κ2) is 7.38. The first-order valence-electron chi connectivity index (χ1n) is 7.42. The third-order valence-corrected chi connectivity index (χ3v) is 4.53. The molecule has 2 rings (SSSR count). The Kier molecular flexibility index (Phi) is 5.78. The predicted molar refractivity (Wildman–Crippen MR) is 89.2 cm³/mol. The van der Waals surface area contributed by atoms with Crippen LogP contribution in [0.1, 0.15) is 19.9 Å². The van der Waals surface area contributed by atoms with Crippen molar-refractivity contribution in [2.24, 2.45) is 0 Å². The van der Waals surface area contributed by atoms with Gasteiger partial charge in [0.15, 0.2) is 0 Å². The molecular weight excluding hydrogens is 334 g/mol. The van der Waals surface area contributed by atoms with E-state index in [-0.39, 0.29) is 11.6 Å². The van der Waals surface area contributed by atoms with E-state index in [1.165, 1.54) is 4.68 Å². The number of rotatable bonds is 5. The van der Waals surface area contributed by atoms with Gasteiger partial charge >= 0.3 is 0 Å². The molecule has 2 heterocycles. The summed E-state index contributed by atoms with van der Waals surface area (Å²) in [6.45, 7) is 10.1. The zero-order valence-electron chi connectivity index (χ0n) is 13.0. The number of aromatic nitrogens is 2. The molecule has 1 aromatic heterocycles. The largest absolute Gasteiger partial charge is 0.371 e. The molecule has 0 saturated carbocycles. The maximum Gasteiger partial charge on any atom is 0.283 e. The predicted octanol–water partition coefficient (Wildman–Crippen LogP) is 0.928. The van der Waals surface area contributed by atoms with E-state index in [0.29, 0.717) is 4.47 Å². The lowest BCUT2D eigenvalue weighted by molar-refractivity contribution is 0.246. The number of nitrogens with one attached hydrogen (secondary N) is 1. The molecule has 6 nitrogen and oxygen atoms in total. The van der Waals surface area contributed by atoms with Crippen LogP contribution >= 0.6 is 15.9 Å². The third kappa shape index (κ3) is 4.05. The highest BCUT2D eigenvalue weighted by Crippen LogP contribution is 2.20. The Bertz CT molecular complexity index is 525. The molecule has 0 aliphatic carbocycles. The minimum Gasteiger partial charge on any atom is -0.371 e. The number of hydrogen-bond acceptors (Lipinski definition) is 5. The van der Waals surface area contributed by atoms with Crippen LogP contribution in [0.2, 0.25) is 0 Å². The molecule has 7 heteroatoms. The summed E-state index contributed by atoms with van der Waals surface area (Å²) in [4.78, 5) is 16.8. The van der Waals surface area contributed by atoms with Crippen molar-refractivity contribution in [3.63, 3.8) is 0 Å². The second-order valence-corrected chi connectivity index (χ2v) is 6.49. The fourth-order valence-corrected chi connectivity index (χ4v) is 3.00. The lowest BCUT2D eigenvalue weighted by Gasteiger charge is -2.30. The molecule has 0 amide bonds. The van der Waals surface area contributed by atoms with Crippen molar-refractivity contribution in [2.45, 2.75) is 19.9 Å². The Hall–Kier alpha value is -0.920. The van der Waals surface area contributed by atoms with Crippen molar-refractivity contribution in [2.75, 3.05) is 51.2 Å². The van der Waals surface area contributed by atoms with E-state index in [1.807, 2.05) is 20.9 Å². The summed E-state index contributed by atoms with van der Waals surface area (Å²) >= 11 is 3.43. The van der Waals surface area contributed by atoms with Crippen LogP contribution in [0.3, 0.4) is 0 Å². The van der Waals surface area contributed by atoms with E-state index < -0.39 is 0 Å². The van der Waals surface area contributed by atoms with E-state index in [4.69, 9.17) is 0 Å². The highest BCUT2D eigenvalue weighted by molar-refractivity contribution is 9.10. The standard InChI is InChI=1S/C14H24BrN5O/c1-11(2)20-14(21)13(15)12(10-17-20)18(3)8-9-19-6-4-16-5-7-19/h10-11,16H,4-9H2,1-3H3. The molecule has 0 unspecified atom stereocenters. The van der Waals surface area contributed by atoms with Crippen LogP contribution in [0.25, 0.3) is 0 Å². The minimum absolute atomic E-state index is 0.0639. The molecule has 0 spiro atoms. The first kappa shape index (κ1) is 16.5. The Labute approximate surface area is 134 Å². The molecular formula is C14H24BrN5O. The molecule has 0 aromatic carbocycles. The van der Waals surface area contributed by atoms with Crippen LogP contribution in [0, 0.1) is 0 Å². The summed E-state index contributed by atoms with van der Waals surface area (Å²) in [7, 11) is 2.00. The van der Waals surface area contributed by atoms with Gasteiger partial charge in [-0.05, 0) is 29.8 Å². The summed E-state index contributed by atoms with van der Waals surface area (Å²) < 4.78 is 2.09. The summed E-state index contributed by atoms with van der Waals surface area (Å²) in [6, 6.07) is 0.0639. The summed E-state index contributed by atoms with van der Waals surface area (Å²) in [5.41, 5.74) is 0.781. The zero-order chi connectivity index (χ0) is 15.4. The molecule has 118 valence electrons.